The number of rotatable bonds is 7. The summed E-state index contributed by atoms with van der Waals surface area (Å²) >= 11 is 0. The lowest BCUT2D eigenvalue weighted by Crippen LogP contribution is -2.43. The van der Waals surface area contributed by atoms with Crippen LogP contribution in [0.3, 0.4) is 0 Å². The zero-order chi connectivity index (χ0) is 17.0. The Labute approximate surface area is 139 Å². The van der Waals surface area contributed by atoms with E-state index in [1.807, 2.05) is 38.9 Å². The summed E-state index contributed by atoms with van der Waals surface area (Å²) in [6, 6.07) is 1.62. The molecule has 0 aromatic carbocycles. The van der Waals surface area contributed by atoms with Gasteiger partial charge in [0.05, 0.1) is 11.7 Å². The van der Waals surface area contributed by atoms with Gasteiger partial charge in [-0.15, -0.1) is 0 Å². The van der Waals surface area contributed by atoms with Crippen molar-refractivity contribution >= 4 is 10.2 Å². The smallest absolute Gasteiger partial charge is 0.282 e. The van der Waals surface area contributed by atoms with Crippen LogP contribution in [0, 0.1) is 0 Å². The Morgan fingerprint density at radius 2 is 2.00 bits per heavy atom. The van der Waals surface area contributed by atoms with E-state index in [1.165, 1.54) is 4.31 Å². The van der Waals surface area contributed by atoms with Gasteiger partial charge in [0, 0.05) is 32.4 Å². The molecule has 0 bridgehead atoms. The molecular formula is C15H27N5O2S. The first kappa shape index (κ1) is 18.3. The van der Waals surface area contributed by atoms with Gasteiger partial charge in [-0.2, -0.15) is 17.0 Å². The van der Waals surface area contributed by atoms with Crippen LogP contribution in [0.4, 0.5) is 0 Å². The standard InChI is InChI=1S/C15H27N5O2S/c1-5-19(6-2)23(21,22)20-11-7-8-14(20)15-16-10-9-13(17-15)12-18(3)4/h9-10,14H,5-8,11-12H2,1-4H3. The summed E-state index contributed by atoms with van der Waals surface area (Å²) in [7, 11) is 0.503. The number of hydrogen-bond acceptors (Lipinski definition) is 5. The van der Waals surface area contributed by atoms with Crippen molar-refractivity contribution in [3.05, 3.63) is 23.8 Å². The molecule has 8 heteroatoms. The van der Waals surface area contributed by atoms with Crippen molar-refractivity contribution in [2.75, 3.05) is 33.7 Å². The van der Waals surface area contributed by atoms with E-state index >= 15 is 0 Å². The fourth-order valence-corrected chi connectivity index (χ4v) is 4.79. The van der Waals surface area contributed by atoms with Crippen molar-refractivity contribution in [3.8, 4) is 0 Å². The molecule has 1 aliphatic rings. The van der Waals surface area contributed by atoms with Gasteiger partial charge < -0.3 is 4.90 Å². The zero-order valence-corrected chi connectivity index (χ0v) is 15.3. The molecule has 1 aliphatic heterocycles. The minimum atomic E-state index is -3.46. The summed E-state index contributed by atoms with van der Waals surface area (Å²) < 4.78 is 28.7. The van der Waals surface area contributed by atoms with Crippen LogP contribution in [-0.4, -0.2) is 65.6 Å². The van der Waals surface area contributed by atoms with Crippen LogP contribution >= 0.6 is 0 Å². The van der Waals surface area contributed by atoms with Crippen molar-refractivity contribution < 1.29 is 8.42 Å². The first-order chi connectivity index (χ1) is 10.9. The highest BCUT2D eigenvalue weighted by Gasteiger charge is 2.39. The number of nitrogens with zero attached hydrogens (tertiary/aromatic N) is 5. The van der Waals surface area contributed by atoms with Crippen LogP contribution in [0.1, 0.15) is 44.2 Å². The Hall–Kier alpha value is -1.09. The van der Waals surface area contributed by atoms with E-state index in [0.29, 0.717) is 32.0 Å². The molecule has 1 unspecified atom stereocenters. The van der Waals surface area contributed by atoms with E-state index in [0.717, 1.165) is 18.5 Å². The fourth-order valence-electron chi connectivity index (χ4n) is 2.96. The maximum absolute atomic E-state index is 12.8. The highest BCUT2D eigenvalue weighted by Crippen LogP contribution is 2.33. The monoisotopic (exact) mass is 341 g/mol. The van der Waals surface area contributed by atoms with Crippen LogP contribution in [-0.2, 0) is 16.8 Å². The molecule has 0 radical (unpaired) electrons. The molecule has 1 fully saturated rings. The Bertz CT molecular complexity index is 616. The Balaban J connectivity index is 2.28. The van der Waals surface area contributed by atoms with Crippen molar-refractivity contribution in [2.24, 2.45) is 0 Å². The number of hydrogen-bond donors (Lipinski definition) is 0. The molecule has 0 aliphatic carbocycles. The van der Waals surface area contributed by atoms with Crippen LogP contribution < -0.4 is 0 Å². The van der Waals surface area contributed by atoms with Gasteiger partial charge in [-0.05, 0) is 33.0 Å². The predicted octanol–water partition coefficient (Wildman–Crippen LogP) is 1.26. The van der Waals surface area contributed by atoms with E-state index in [-0.39, 0.29) is 6.04 Å². The van der Waals surface area contributed by atoms with E-state index in [9.17, 15) is 8.42 Å². The van der Waals surface area contributed by atoms with Gasteiger partial charge in [0.15, 0.2) is 0 Å². The third kappa shape index (κ3) is 4.06. The molecule has 0 amide bonds. The zero-order valence-electron chi connectivity index (χ0n) is 14.4. The van der Waals surface area contributed by atoms with E-state index in [1.54, 1.807) is 10.5 Å². The highest BCUT2D eigenvalue weighted by molar-refractivity contribution is 7.86. The summed E-state index contributed by atoms with van der Waals surface area (Å²) in [5.41, 5.74) is 0.909. The minimum Gasteiger partial charge on any atom is -0.304 e. The van der Waals surface area contributed by atoms with Crippen molar-refractivity contribution in [1.29, 1.82) is 0 Å². The SMILES string of the molecule is CCN(CC)S(=O)(=O)N1CCCC1c1nccc(CN(C)C)n1. The van der Waals surface area contributed by atoms with Gasteiger partial charge in [-0.1, -0.05) is 13.8 Å². The molecule has 23 heavy (non-hydrogen) atoms. The molecule has 1 saturated heterocycles. The van der Waals surface area contributed by atoms with Crippen LogP contribution in [0.15, 0.2) is 12.3 Å². The van der Waals surface area contributed by atoms with Gasteiger partial charge in [0.1, 0.15) is 5.82 Å². The Kier molecular flexibility index (Phi) is 6.07. The molecule has 1 atom stereocenters. The molecule has 0 N–H and O–H groups in total. The van der Waals surface area contributed by atoms with Crippen LogP contribution in [0.5, 0.6) is 0 Å². The summed E-state index contributed by atoms with van der Waals surface area (Å²) in [5, 5.41) is 0. The molecule has 0 saturated carbocycles. The molecular weight excluding hydrogens is 314 g/mol. The molecule has 0 spiro atoms. The van der Waals surface area contributed by atoms with Crippen molar-refractivity contribution in [3.63, 3.8) is 0 Å². The van der Waals surface area contributed by atoms with E-state index in [2.05, 4.69) is 9.97 Å². The van der Waals surface area contributed by atoms with E-state index < -0.39 is 10.2 Å². The molecule has 7 nitrogen and oxygen atoms in total. The fraction of sp³-hybridized carbons (Fsp3) is 0.733. The Morgan fingerprint density at radius 3 is 2.61 bits per heavy atom. The molecule has 2 rings (SSSR count). The Morgan fingerprint density at radius 1 is 1.30 bits per heavy atom. The van der Waals surface area contributed by atoms with Crippen LogP contribution in [0.25, 0.3) is 0 Å². The largest absolute Gasteiger partial charge is 0.304 e. The van der Waals surface area contributed by atoms with Gasteiger partial charge in [0.2, 0.25) is 0 Å². The summed E-state index contributed by atoms with van der Waals surface area (Å²) in [6.45, 7) is 5.92. The quantitative estimate of drug-likeness (QED) is 0.747. The maximum atomic E-state index is 12.8. The molecule has 130 valence electrons. The summed E-state index contributed by atoms with van der Waals surface area (Å²) in [6.07, 6.45) is 3.33. The second-order valence-corrected chi connectivity index (χ2v) is 7.89. The minimum absolute atomic E-state index is 0.261. The molecule has 1 aromatic heterocycles. The topological polar surface area (TPSA) is 69.6 Å². The van der Waals surface area contributed by atoms with Gasteiger partial charge >= 0.3 is 0 Å². The first-order valence-corrected chi connectivity index (χ1v) is 9.53. The van der Waals surface area contributed by atoms with Crippen molar-refractivity contribution in [1.82, 2.24) is 23.5 Å². The van der Waals surface area contributed by atoms with Gasteiger partial charge in [0.25, 0.3) is 10.2 Å². The number of aromatic nitrogens is 2. The first-order valence-electron chi connectivity index (χ1n) is 8.13. The van der Waals surface area contributed by atoms with Gasteiger partial charge in [-0.3, -0.25) is 0 Å². The third-order valence-corrected chi connectivity index (χ3v) is 6.24. The lowest BCUT2D eigenvalue weighted by Gasteiger charge is -2.29. The normalized spacial score (nSPS) is 19.8. The second kappa shape index (κ2) is 7.65. The average Bonchev–Trinajstić information content (AvgIpc) is 2.98. The highest BCUT2D eigenvalue weighted by atomic mass is 32.2. The second-order valence-electron chi connectivity index (χ2n) is 6.00. The summed E-state index contributed by atoms with van der Waals surface area (Å²) in [5.74, 6) is 0.609. The predicted molar refractivity (Wildman–Crippen MR) is 89.9 cm³/mol. The average molecular weight is 341 g/mol. The van der Waals surface area contributed by atoms with E-state index in [4.69, 9.17) is 0 Å². The van der Waals surface area contributed by atoms with Crippen LogP contribution in [0.2, 0.25) is 0 Å². The lowest BCUT2D eigenvalue weighted by molar-refractivity contribution is 0.329. The molecule has 1 aromatic rings. The molecule has 2 heterocycles. The lowest BCUT2D eigenvalue weighted by atomic mass is 10.2. The van der Waals surface area contributed by atoms with Gasteiger partial charge in [-0.25, -0.2) is 9.97 Å². The summed E-state index contributed by atoms with van der Waals surface area (Å²) in [4.78, 5) is 11.0. The maximum Gasteiger partial charge on any atom is 0.282 e. The third-order valence-electron chi connectivity index (χ3n) is 4.04. The van der Waals surface area contributed by atoms with Crippen molar-refractivity contribution in [2.45, 2.75) is 39.3 Å².